The van der Waals surface area contributed by atoms with Crippen molar-refractivity contribution in [2.75, 3.05) is 43.4 Å². The van der Waals surface area contributed by atoms with E-state index in [-0.39, 0.29) is 17.5 Å². The number of carbonyl (C=O) groups excluding carboxylic acids is 1. The van der Waals surface area contributed by atoms with E-state index >= 15 is 0 Å². The smallest absolute Gasteiger partial charge is 0.272 e. The molecule has 1 aliphatic rings. The van der Waals surface area contributed by atoms with Crippen molar-refractivity contribution in [2.24, 2.45) is 0 Å². The number of anilines is 1. The van der Waals surface area contributed by atoms with Gasteiger partial charge in [0.05, 0.1) is 11.9 Å². The summed E-state index contributed by atoms with van der Waals surface area (Å²) in [5.41, 5.74) is 6.41. The molecule has 1 amide bonds. The molecule has 3 N–H and O–H groups in total. The molecular weight excluding hydrogens is 286 g/mol. The molecule has 0 bridgehead atoms. The van der Waals surface area contributed by atoms with Crippen molar-refractivity contribution < 1.29 is 4.79 Å². The number of hydrogen-bond acceptors (Lipinski definition) is 6. The molecule has 1 aliphatic heterocycles. The van der Waals surface area contributed by atoms with Crippen LogP contribution in [0.2, 0.25) is 0 Å². The van der Waals surface area contributed by atoms with Gasteiger partial charge in [0.25, 0.3) is 5.91 Å². The van der Waals surface area contributed by atoms with Gasteiger partial charge in [0.1, 0.15) is 5.82 Å². The van der Waals surface area contributed by atoms with Gasteiger partial charge >= 0.3 is 0 Å². The van der Waals surface area contributed by atoms with Crippen LogP contribution < -0.4 is 11.1 Å². The Bertz CT molecular complexity index is 488. The lowest BCUT2D eigenvalue weighted by molar-refractivity contribution is 0.0944. The molecular formula is C14H23N5OS. The Hall–Kier alpha value is -1.34. The Kier molecular flexibility index (Phi) is 5.81. The van der Waals surface area contributed by atoms with Crippen molar-refractivity contribution in [1.29, 1.82) is 0 Å². The highest BCUT2D eigenvalue weighted by atomic mass is 32.2. The normalized spacial score (nSPS) is 16.1. The number of rotatable bonds is 5. The summed E-state index contributed by atoms with van der Waals surface area (Å²) >= 11 is 1.98. The maximum absolute atomic E-state index is 12.2. The van der Waals surface area contributed by atoms with Crippen LogP contribution in [0.25, 0.3) is 0 Å². The van der Waals surface area contributed by atoms with E-state index in [1.54, 1.807) is 0 Å². The van der Waals surface area contributed by atoms with Crippen LogP contribution >= 0.6 is 11.8 Å². The predicted octanol–water partition coefficient (Wildman–Crippen LogP) is 0.961. The van der Waals surface area contributed by atoms with Crippen molar-refractivity contribution in [3.05, 3.63) is 17.7 Å². The number of nitrogens with one attached hydrogen (secondary N) is 1. The van der Waals surface area contributed by atoms with E-state index in [4.69, 9.17) is 5.73 Å². The molecule has 0 saturated carbocycles. The third-order valence-electron chi connectivity index (χ3n) is 3.38. The van der Waals surface area contributed by atoms with E-state index < -0.39 is 0 Å². The largest absolute Gasteiger partial charge is 0.396 e. The van der Waals surface area contributed by atoms with Crippen LogP contribution in [0.5, 0.6) is 0 Å². The predicted molar refractivity (Wildman–Crippen MR) is 86.6 cm³/mol. The van der Waals surface area contributed by atoms with Crippen LogP contribution in [-0.2, 0) is 0 Å². The minimum absolute atomic E-state index is 0.169. The molecule has 7 heteroatoms. The molecule has 116 valence electrons. The number of nitrogens with zero attached hydrogens (tertiary/aromatic N) is 3. The zero-order valence-corrected chi connectivity index (χ0v) is 13.4. The van der Waals surface area contributed by atoms with Crippen LogP contribution in [0.3, 0.4) is 0 Å². The first-order chi connectivity index (χ1) is 10.1. The van der Waals surface area contributed by atoms with Crippen LogP contribution in [0.15, 0.2) is 6.20 Å². The second-order valence-electron chi connectivity index (χ2n) is 5.40. The average Bonchev–Trinajstić information content (AvgIpc) is 2.48. The molecule has 0 aliphatic carbocycles. The summed E-state index contributed by atoms with van der Waals surface area (Å²) in [5.74, 6) is 2.93. The Morgan fingerprint density at radius 1 is 1.48 bits per heavy atom. The minimum Gasteiger partial charge on any atom is -0.396 e. The van der Waals surface area contributed by atoms with Gasteiger partial charge in [0.2, 0.25) is 0 Å². The van der Waals surface area contributed by atoms with E-state index in [9.17, 15) is 4.79 Å². The number of aromatic nitrogens is 2. The highest BCUT2D eigenvalue weighted by Gasteiger charge is 2.15. The Labute approximate surface area is 129 Å². The standard InChI is InChI=1S/C14H23N5OS/c1-10(2)13-17-9-11(15)12(18-13)14(20)16-3-4-19-5-7-21-8-6-19/h9-10H,3-8,15H2,1-2H3,(H,16,20). The summed E-state index contributed by atoms with van der Waals surface area (Å²) in [6.45, 7) is 7.64. The van der Waals surface area contributed by atoms with Gasteiger partial charge in [-0.3, -0.25) is 9.69 Å². The molecule has 1 saturated heterocycles. The average molecular weight is 309 g/mol. The van der Waals surface area contributed by atoms with Gasteiger partial charge in [-0.1, -0.05) is 13.8 Å². The lowest BCUT2D eigenvalue weighted by Crippen LogP contribution is -2.39. The molecule has 1 aromatic heterocycles. The molecule has 6 nitrogen and oxygen atoms in total. The lowest BCUT2D eigenvalue weighted by Gasteiger charge is -2.26. The fourth-order valence-corrected chi connectivity index (χ4v) is 3.08. The quantitative estimate of drug-likeness (QED) is 0.843. The van der Waals surface area contributed by atoms with Crippen LogP contribution in [0, 0.1) is 0 Å². The molecule has 2 rings (SSSR count). The summed E-state index contributed by atoms with van der Waals surface area (Å²) in [7, 11) is 0. The number of carbonyl (C=O) groups is 1. The summed E-state index contributed by atoms with van der Waals surface area (Å²) in [6.07, 6.45) is 1.51. The van der Waals surface area contributed by atoms with Crippen LogP contribution in [0.1, 0.15) is 36.1 Å². The summed E-state index contributed by atoms with van der Waals surface area (Å²) in [4.78, 5) is 23.0. The SMILES string of the molecule is CC(C)c1ncc(N)c(C(=O)NCCN2CCSCC2)n1. The number of hydrogen-bond donors (Lipinski definition) is 2. The van der Waals surface area contributed by atoms with Gasteiger partial charge < -0.3 is 11.1 Å². The Morgan fingerprint density at radius 3 is 2.86 bits per heavy atom. The van der Waals surface area contributed by atoms with Crippen molar-refractivity contribution in [1.82, 2.24) is 20.2 Å². The topological polar surface area (TPSA) is 84.1 Å². The van der Waals surface area contributed by atoms with Crippen molar-refractivity contribution in [3.63, 3.8) is 0 Å². The fraction of sp³-hybridized carbons (Fsp3) is 0.643. The lowest BCUT2D eigenvalue weighted by atomic mass is 10.2. The molecule has 0 aromatic carbocycles. The number of amides is 1. The van der Waals surface area contributed by atoms with Gasteiger partial charge in [-0.2, -0.15) is 11.8 Å². The zero-order valence-electron chi connectivity index (χ0n) is 12.6. The van der Waals surface area contributed by atoms with Gasteiger partial charge in [-0.05, 0) is 0 Å². The minimum atomic E-state index is -0.219. The van der Waals surface area contributed by atoms with Gasteiger partial charge in [0, 0.05) is 43.6 Å². The third kappa shape index (κ3) is 4.57. The number of thioether (sulfide) groups is 1. The van der Waals surface area contributed by atoms with Crippen LogP contribution in [-0.4, -0.2) is 58.5 Å². The molecule has 1 fully saturated rings. The summed E-state index contributed by atoms with van der Waals surface area (Å²) < 4.78 is 0. The Morgan fingerprint density at radius 2 is 2.19 bits per heavy atom. The number of nitrogens with two attached hydrogens (primary N) is 1. The maximum Gasteiger partial charge on any atom is 0.272 e. The van der Waals surface area contributed by atoms with Crippen LogP contribution in [0.4, 0.5) is 5.69 Å². The van der Waals surface area contributed by atoms with E-state index in [0.717, 1.165) is 19.6 Å². The molecule has 0 atom stereocenters. The monoisotopic (exact) mass is 309 g/mol. The molecule has 2 heterocycles. The second kappa shape index (κ2) is 7.61. The van der Waals surface area contributed by atoms with Gasteiger partial charge in [-0.25, -0.2) is 9.97 Å². The highest BCUT2D eigenvalue weighted by Crippen LogP contribution is 2.13. The van der Waals surface area contributed by atoms with E-state index in [1.807, 2.05) is 25.6 Å². The highest BCUT2D eigenvalue weighted by molar-refractivity contribution is 7.99. The first-order valence-corrected chi connectivity index (χ1v) is 8.44. The van der Waals surface area contributed by atoms with E-state index in [0.29, 0.717) is 18.1 Å². The van der Waals surface area contributed by atoms with Crippen molar-refractivity contribution in [2.45, 2.75) is 19.8 Å². The molecule has 1 aromatic rings. The maximum atomic E-state index is 12.2. The first kappa shape index (κ1) is 16.0. The third-order valence-corrected chi connectivity index (χ3v) is 4.33. The molecule has 0 unspecified atom stereocenters. The number of nitrogen functional groups attached to an aromatic ring is 1. The zero-order chi connectivity index (χ0) is 15.2. The fourth-order valence-electron chi connectivity index (χ4n) is 2.10. The van der Waals surface area contributed by atoms with E-state index in [1.165, 1.54) is 17.7 Å². The van der Waals surface area contributed by atoms with Gasteiger partial charge in [0.15, 0.2) is 5.69 Å². The second-order valence-corrected chi connectivity index (χ2v) is 6.62. The molecule has 0 spiro atoms. The first-order valence-electron chi connectivity index (χ1n) is 7.28. The summed E-state index contributed by atoms with van der Waals surface area (Å²) in [5, 5.41) is 2.90. The van der Waals surface area contributed by atoms with Gasteiger partial charge in [-0.15, -0.1) is 0 Å². The van der Waals surface area contributed by atoms with E-state index in [2.05, 4.69) is 20.2 Å². The van der Waals surface area contributed by atoms with Crippen molar-refractivity contribution >= 4 is 23.4 Å². The molecule has 0 radical (unpaired) electrons. The molecule has 21 heavy (non-hydrogen) atoms. The van der Waals surface area contributed by atoms with Crippen molar-refractivity contribution in [3.8, 4) is 0 Å². The Balaban J connectivity index is 1.89. The summed E-state index contributed by atoms with van der Waals surface area (Å²) in [6, 6.07) is 0.